The van der Waals surface area contributed by atoms with Crippen molar-refractivity contribution < 1.29 is 0 Å². The minimum atomic E-state index is 0.387. The molecule has 1 aromatic heterocycles. The molecule has 14 heavy (non-hydrogen) atoms. The van der Waals surface area contributed by atoms with Crippen molar-refractivity contribution in [2.45, 2.75) is 19.4 Å². The molecule has 0 bridgehead atoms. The van der Waals surface area contributed by atoms with Crippen LogP contribution in [0, 0.1) is 5.92 Å². The van der Waals surface area contributed by atoms with Crippen molar-refractivity contribution >= 4 is 11.3 Å². The number of hydrogen-bond acceptors (Lipinski definition) is 3. The van der Waals surface area contributed by atoms with Crippen molar-refractivity contribution in [3.8, 4) is 0 Å². The SMILES string of the molecule is CC1CN(CCc2cccs2)CC1N. The van der Waals surface area contributed by atoms with Gasteiger partial charge in [0.25, 0.3) is 0 Å². The van der Waals surface area contributed by atoms with E-state index in [9.17, 15) is 0 Å². The summed E-state index contributed by atoms with van der Waals surface area (Å²) < 4.78 is 0. The second-order valence-corrected chi connectivity index (χ2v) is 5.26. The van der Waals surface area contributed by atoms with Crippen molar-refractivity contribution in [3.63, 3.8) is 0 Å². The number of thiophene rings is 1. The van der Waals surface area contributed by atoms with Crippen LogP contribution in [-0.4, -0.2) is 30.6 Å². The van der Waals surface area contributed by atoms with Crippen LogP contribution in [0.4, 0.5) is 0 Å². The first kappa shape index (κ1) is 10.1. The molecule has 1 saturated heterocycles. The van der Waals surface area contributed by atoms with Crippen molar-refractivity contribution in [1.29, 1.82) is 0 Å². The van der Waals surface area contributed by atoms with E-state index in [2.05, 4.69) is 29.3 Å². The lowest BCUT2D eigenvalue weighted by atomic mass is 10.1. The van der Waals surface area contributed by atoms with Gasteiger partial charge in [0.15, 0.2) is 0 Å². The van der Waals surface area contributed by atoms with Crippen LogP contribution >= 0.6 is 11.3 Å². The quantitative estimate of drug-likeness (QED) is 0.820. The Hall–Kier alpha value is -0.380. The largest absolute Gasteiger partial charge is 0.326 e. The fourth-order valence-corrected chi connectivity index (χ4v) is 2.70. The third-order valence-corrected chi connectivity index (χ3v) is 3.94. The number of hydrogen-bond donors (Lipinski definition) is 1. The van der Waals surface area contributed by atoms with Gasteiger partial charge < -0.3 is 10.6 Å². The van der Waals surface area contributed by atoms with E-state index in [1.54, 1.807) is 0 Å². The second kappa shape index (κ2) is 4.43. The minimum Gasteiger partial charge on any atom is -0.326 e. The standard InChI is InChI=1S/C11H18N2S/c1-9-7-13(8-11(9)12)5-4-10-3-2-6-14-10/h2-3,6,9,11H,4-5,7-8,12H2,1H3. The van der Waals surface area contributed by atoms with Gasteiger partial charge in [-0.15, -0.1) is 11.3 Å². The maximum atomic E-state index is 5.98. The van der Waals surface area contributed by atoms with E-state index in [1.165, 1.54) is 24.4 Å². The third kappa shape index (κ3) is 2.35. The average Bonchev–Trinajstić information content (AvgIpc) is 2.74. The Kier molecular flexibility index (Phi) is 3.21. The van der Waals surface area contributed by atoms with Gasteiger partial charge in [0.05, 0.1) is 0 Å². The first-order valence-electron chi connectivity index (χ1n) is 5.26. The predicted octanol–water partition coefficient (Wildman–Crippen LogP) is 1.57. The molecule has 3 heteroatoms. The summed E-state index contributed by atoms with van der Waals surface area (Å²) in [7, 11) is 0. The molecule has 0 radical (unpaired) electrons. The van der Waals surface area contributed by atoms with Gasteiger partial charge in [0, 0.05) is 30.6 Å². The van der Waals surface area contributed by atoms with Crippen LogP contribution in [-0.2, 0) is 6.42 Å². The monoisotopic (exact) mass is 210 g/mol. The molecule has 2 heterocycles. The number of likely N-dealkylation sites (tertiary alicyclic amines) is 1. The normalized spacial score (nSPS) is 28.4. The van der Waals surface area contributed by atoms with Crippen LogP contribution in [0.15, 0.2) is 17.5 Å². The van der Waals surface area contributed by atoms with Crippen LogP contribution in [0.2, 0.25) is 0 Å². The molecule has 0 aromatic carbocycles. The van der Waals surface area contributed by atoms with Crippen molar-refractivity contribution in [2.24, 2.45) is 11.7 Å². The summed E-state index contributed by atoms with van der Waals surface area (Å²) in [5.74, 6) is 0.665. The summed E-state index contributed by atoms with van der Waals surface area (Å²) in [5.41, 5.74) is 5.98. The molecular formula is C11H18N2S. The van der Waals surface area contributed by atoms with Gasteiger partial charge in [0.2, 0.25) is 0 Å². The lowest BCUT2D eigenvalue weighted by Crippen LogP contribution is -2.29. The highest BCUT2D eigenvalue weighted by molar-refractivity contribution is 7.09. The van der Waals surface area contributed by atoms with E-state index in [0.717, 1.165) is 6.54 Å². The molecule has 2 atom stereocenters. The molecule has 1 aromatic rings. The third-order valence-electron chi connectivity index (χ3n) is 3.00. The van der Waals surface area contributed by atoms with Crippen molar-refractivity contribution in [2.75, 3.05) is 19.6 Å². The van der Waals surface area contributed by atoms with Crippen molar-refractivity contribution in [3.05, 3.63) is 22.4 Å². The minimum absolute atomic E-state index is 0.387. The maximum absolute atomic E-state index is 5.98. The summed E-state index contributed by atoms with van der Waals surface area (Å²) in [5, 5.41) is 2.15. The second-order valence-electron chi connectivity index (χ2n) is 4.23. The maximum Gasteiger partial charge on any atom is 0.0206 e. The molecular weight excluding hydrogens is 192 g/mol. The molecule has 78 valence electrons. The first-order chi connectivity index (χ1) is 6.75. The molecule has 1 aliphatic heterocycles. The van der Waals surface area contributed by atoms with Gasteiger partial charge in [-0.2, -0.15) is 0 Å². The Morgan fingerprint density at radius 3 is 3.00 bits per heavy atom. The zero-order valence-corrected chi connectivity index (χ0v) is 9.46. The Labute approximate surface area is 89.7 Å². The zero-order chi connectivity index (χ0) is 9.97. The van der Waals surface area contributed by atoms with E-state index < -0.39 is 0 Å². The van der Waals surface area contributed by atoms with E-state index >= 15 is 0 Å². The Bertz CT molecular complexity index is 261. The Morgan fingerprint density at radius 1 is 1.57 bits per heavy atom. The van der Waals surface area contributed by atoms with E-state index in [-0.39, 0.29) is 0 Å². The first-order valence-corrected chi connectivity index (χ1v) is 6.14. The predicted molar refractivity (Wildman–Crippen MR) is 61.6 cm³/mol. The fraction of sp³-hybridized carbons (Fsp3) is 0.636. The van der Waals surface area contributed by atoms with E-state index in [4.69, 9.17) is 5.73 Å². The molecule has 0 aliphatic carbocycles. The molecule has 1 aliphatic rings. The van der Waals surface area contributed by atoms with Crippen LogP contribution < -0.4 is 5.73 Å². The fourth-order valence-electron chi connectivity index (χ4n) is 2.00. The molecule has 2 N–H and O–H groups in total. The van der Waals surface area contributed by atoms with Crippen LogP contribution in [0.1, 0.15) is 11.8 Å². The summed E-state index contributed by atoms with van der Waals surface area (Å²) in [6, 6.07) is 4.72. The molecule has 2 rings (SSSR count). The molecule has 0 amide bonds. The molecule has 2 unspecified atom stereocenters. The number of nitrogens with zero attached hydrogens (tertiary/aromatic N) is 1. The lowest BCUT2D eigenvalue weighted by molar-refractivity contribution is 0.331. The Balaban J connectivity index is 1.77. The highest BCUT2D eigenvalue weighted by Gasteiger charge is 2.25. The smallest absolute Gasteiger partial charge is 0.0206 e. The highest BCUT2D eigenvalue weighted by Crippen LogP contribution is 2.16. The number of nitrogens with two attached hydrogens (primary N) is 1. The summed E-state index contributed by atoms with van der Waals surface area (Å²) in [6.45, 7) is 5.66. The van der Waals surface area contributed by atoms with Crippen LogP contribution in [0.25, 0.3) is 0 Å². The topological polar surface area (TPSA) is 29.3 Å². The lowest BCUT2D eigenvalue weighted by Gasteiger charge is -2.13. The number of rotatable bonds is 3. The van der Waals surface area contributed by atoms with Crippen molar-refractivity contribution in [1.82, 2.24) is 4.90 Å². The Morgan fingerprint density at radius 2 is 2.43 bits per heavy atom. The van der Waals surface area contributed by atoms with Gasteiger partial charge in [-0.25, -0.2) is 0 Å². The molecule has 2 nitrogen and oxygen atoms in total. The molecule has 1 fully saturated rings. The summed E-state index contributed by atoms with van der Waals surface area (Å²) in [4.78, 5) is 3.97. The van der Waals surface area contributed by atoms with Crippen LogP contribution in [0.5, 0.6) is 0 Å². The van der Waals surface area contributed by atoms with Gasteiger partial charge in [-0.1, -0.05) is 13.0 Å². The summed E-state index contributed by atoms with van der Waals surface area (Å²) in [6.07, 6.45) is 1.18. The molecule has 0 spiro atoms. The summed E-state index contributed by atoms with van der Waals surface area (Å²) >= 11 is 1.85. The average molecular weight is 210 g/mol. The molecule has 0 saturated carbocycles. The zero-order valence-electron chi connectivity index (χ0n) is 8.65. The van der Waals surface area contributed by atoms with Gasteiger partial charge >= 0.3 is 0 Å². The van der Waals surface area contributed by atoms with E-state index in [0.29, 0.717) is 12.0 Å². The van der Waals surface area contributed by atoms with Gasteiger partial charge in [-0.3, -0.25) is 0 Å². The van der Waals surface area contributed by atoms with Gasteiger partial charge in [-0.05, 0) is 23.8 Å². The highest BCUT2D eigenvalue weighted by atomic mass is 32.1. The van der Waals surface area contributed by atoms with E-state index in [1.807, 2.05) is 11.3 Å². The van der Waals surface area contributed by atoms with Gasteiger partial charge in [0.1, 0.15) is 0 Å². The van der Waals surface area contributed by atoms with Crippen LogP contribution in [0.3, 0.4) is 0 Å².